The molecular formula is C6H12O4. The third-order valence-corrected chi connectivity index (χ3v) is 1.43. The summed E-state index contributed by atoms with van der Waals surface area (Å²) < 4.78 is 9.75. The minimum atomic E-state index is -1.55. The van der Waals surface area contributed by atoms with Crippen LogP contribution < -0.4 is 0 Å². The lowest BCUT2D eigenvalue weighted by molar-refractivity contribution is -0.366. The summed E-state index contributed by atoms with van der Waals surface area (Å²) in [6.45, 7) is 3.44. The second-order valence-corrected chi connectivity index (χ2v) is 2.66. The molecule has 1 aliphatic heterocycles. The molecule has 3 atom stereocenters. The Balaban J connectivity index is 2.52. The Bertz CT molecular complexity index is 123. The van der Waals surface area contributed by atoms with Gasteiger partial charge in [-0.3, -0.25) is 0 Å². The van der Waals surface area contributed by atoms with Gasteiger partial charge < -0.3 is 19.7 Å². The molecule has 4 heteroatoms. The van der Waals surface area contributed by atoms with Crippen LogP contribution in [0.2, 0.25) is 0 Å². The van der Waals surface area contributed by atoms with Crippen LogP contribution in [0.4, 0.5) is 0 Å². The highest BCUT2D eigenvalue weighted by Gasteiger charge is 2.37. The van der Waals surface area contributed by atoms with E-state index in [1.54, 1.807) is 6.92 Å². The zero-order valence-electron chi connectivity index (χ0n) is 6.07. The first kappa shape index (κ1) is 7.94. The highest BCUT2D eigenvalue weighted by atomic mass is 16.7. The minimum absolute atomic E-state index is 0.157. The first-order chi connectivity index (χ1) is 4.52. The molecule has 60 valence electrons. The normalized spacial score (nSPS) is 49.2. The fraction of sp³-hybridized carbons (Fsp3) is 1.00. The van der Waals surface area contributed by atoms with Gasteiger partial charge in [0.25, 0.3) is 0 Å². The molecule has 0 aromatic rings. The summed E-state index contributed by atoms with van der Waals surface area (Å²) in [6, 6.07) is 0. The van der Waals surface area contributed by atoms with Gasteiger partial charge >= 0.3 is 0 Å². The Morgan fingerprint density at radius 2 is 2.20 bits per heavy atom. The Morgan fingerprint density at radius 3 is 2.60 bits per heavy atom. The summed E-state index contributed by atoms with van der Waals surface area (Å²) in [7, 11) is 0. The standard InChI is InChI=1S/C6H12O4/c1-4-3-9-6(2,8)5(7)10-4/h4-5,7-8H,3H2,1-2H3/t4?,5-,6+/m0/s1. The molecule has 0 saturated carbocycles. The van der Waals surface area contributed by atoms with Crippen molar-refractivity contribution in [1.29, 1.82) is 0 Å². The van der Waals surface area contributed by atoms with Gasteiger partial charge in [0, 0.05) is 0 Å². The molecule has 1 unspecified atom stereocenters. The maximum Gasteiger partial charge on any atom is 0.215 e. The predicted octanol–water partition coefficient (Wildman–Crippen LogP) is -0.551. The molecule has 1 fully saturated rings. The third kappa shape index (κ3) is 1.46. The first-order valence-electron chi connectivity index (χ1n) is 3.22. The minimum Gasteiger partial charge on any atom is -0.364 e. The molecular weight excluding hydrogens is 136 g/mol. The van der Waals surface area contributed by atoms with Crippen molar-refractivity contribution in [3.63, 3.8) is 0 Å². The van der Waals surface area contributed by atoms with Gasteiger partial charge in [0.05, 0.1) is 12.7 Å². The van der Waals surface area contributed by atoms with Gasteiger partial charge in [0.1, 0.15) is 0 Å². The average Bonchev–Trinajstić information content (AvgIpc) is 1.81. The number of hydrogen-bond acceptors (Lipinski definition) is 4. The smallest absolute Gasteiger partial charge is 0.215 e. The number of aliphatic hydroxyl groups is 2. The maximum atomic E-state index is 9.16. The van der Waals surface area contributed by atoms with E-state index in [9.17, 15) is 0 Å². The van der Waals surface area contributed by atoms with Crippen LogP contribution >= 0.6 is 0 Å². The zero-order chi connectivity index (χ0) is 7.78. The molecule has 10 heavy (non-hydrogen) atoms. The zero-order valence-corrected chi connectivity index (χ0v) is 6.07. The molecule has 1 saturated heterocycles. The predicted molar refractivity (Wildman–Crippen MR) is 33.1 cm³/mol. The van der Waals surface area contributed by atoms with E-state index in [1.807, 2.05) is 0 Å². The third-order valence-electron chi connectivity index (χ3n) is 1.43. The van der Waals surface area contributed by atoms with Crippen LogP contribution in [0.25, 0.3) is 0 Å². The highest BCUT2D eigenvalue weighted by molar-refractivity contribution is 4.70. The monoisotopic (exact) mass is 148 g/mol. The molecule has 1 heterocycles. The molecule has 0 aromatic heterocycles. The molecule has 1 aliphatic rings. The lowest BCUT2D eigenvalue weighted by Crippen LogP contribution is -2.51. The Morgan fingerprint density at radius 1 is 1.60 bits per heavy atom. The summed E-state index contributed by atoms with van der Waals surface area (Å²) in [4.78, 5) is 0. The number of ether oxygens (including phenoxy) is 2. The molecule has 1 rings (SSSR count). The Labute approximate surface area is 59.4 Å². The summed E-state index contributed by atoms with van der Waals surface area (Å²) in [5.41, 5.74) is 0. The van der Waals surface area contributed by atoms with Crippen molar-refractivity contribution in [1.82, 2.24) is 0 Å². The molecule has 0 aliphatic carbocycles. The van der Waals surface area contributed by atoms with E-state index in [0.717, 1.165) is 0 Å². The summed E-state index contributed by atoms with van der Waals surface area (Å²) >= 11 is 0. The molecule has 0 amide bonds. The van der Waals surface area contributed by atoms with Crippen molar-refractivity contribution in [2.75, 3.05) is 6.61 Å². The largest absolute Gasteiger partial charge is 0.364 e. The van der Waals surface area contributed by atoms with Gasteiger partial charge in [-0.1, -0.05) is 0 Å². The van der Waals surface area contributed by atoms with Crippen molar-refractivity contribution in [3.8, 4) is 0 Å². The Kier molecular flexibility index (Phi) is 1.96. The molecule has 2 N–H and O–H groups in total. The van der Waals surface area contributed by atoms with E-state index >= 15 is 0 Å². The van der Waals surface area contributed by atoms with Crippen LogP contribution in [0.15, 0.2) is 0 Å². The highest BCUT2D eigenvalue weighted by Crippen LogP contribution is 2.20. The second-order valence-electron chi connectivity index (χ2n) is 2.66. The van der Waals surface area contributed by atoms with E-state index in [-0.39, 0.29) is 6.10 Å². The van der Waals surface area contributed by atoms with E-state index in [2.05, 4.69) is 0 Å². The lowest BCUT2D eigenvalue weighted by atomic mass is 10.2. The van der Waals surface area contributed by atoms with Gasteiger partial charge in [-0.15, -0.1) is 0 Å². The van der Waals surface area contributed by atoms with Crippen LogP contribution in [0.1, 0.15) is 13.8 Å². The first-order valence-corrected chi connectivity index (χ1v) is 3.22. The van der Waals surface area contributed by atoms with Crippen LogP contribution in [0, 0.1) is 0 Å². The van der Waals surface area contributed by atoms with Gasteiger partial charge in [0.15, 0.2) is 0 Å². The van der Waals surface area contributed by atoms with Gasteiger partial charge in [-0.2, -0.15) is 0 Å². The fourth-order valence-corrected chi connectivity index (χ4v) is 0.743. The molecule has 0 bridgehead atoms. The maximum absolute atomic E-state index is 9.16. The van der Waals surface area contributed by atoms with Gasteiger partial charge in [-0.05, 0) is 13.8 Å². The van der Waals surface area contributed by atoms with Gasteiger partial charge in [-0.25, -0.2) is 0 Å². The molecule has 0 radical (unpaired) electrons. The fourth-order valence-electron chi connectivity index (χ4n) is 0.743. The van der Waals surface area contributed by atoms with E-state index < -0.39 is 12.1 Å². The van der Waals surface area contributed by atoms with Crippen molar-refractivity contribution in [2.24, 2.45) is 0 Å². The van der Waals surface area contributed by atoms with Gasteiger partial charge in [0.2, 0.25) is 12.1 Å². The molecule has 4 nitrogen and oxygen atoms in total. The summed E-state index contributed by atoms with van der Waals surface area (Å²) in [6.07, 6.45) is -1.40. The molecule has 0 aromatic carbocycles. The van der Waals surface area contributed by atoms with Crippen LogP contribution in [-0.2, 0) is 9.47 Å². The van der Waals surface area contributed by atoms with Crippen molar-refractivity contribution < 1.29 is 19.7 Å². The van der Waals surface area contributed by atoms with E-state index in [4.69, 9.17) is 19.7 Å². The topological polar surface area (TPSA) is 58.9 Å². The Hall–Kier alpha value is -0.160. The second kappa shape index (κ2) is 2.47. The van der Waals surface area contributed by atoms with Crippen LogP contribution in [0.3, 0.4) is 0 Å². The summed E-state index contributed by atoms with van der Waals surface area (Å²) in [5, 5.41) is 18.2. The lowest BCUT2D eigenvalue weighted by Gasteiger charge is -2.36. The van der Waals surface area contributed by atoms with Crippen molar-refractivity contribution >= 4 is 0 Å². The van der Waals surface area contributed by atoms with E-state index in [0.29, 0.717) is 6.61 Å². The SMILES string of the molecule is CC1CO[C@@](C)(O)[C@@H](O)O1. The van der Waals surface area contributed by atoms with Crippen LogP contribution in [-0.4, -0.2) is 35.0 Å². The van der Waals surface area contributed by atoms with Crippen molar-refractivity contribution in [3.05, 3.63) is 0 Å². The molecule has 0 spiro atoms. The number of rotatable bonds is 0. The quantitative estimate of drug-likeness (QED) is 0.484. The average molecular weight is 148 g/mol. The summed E-state index contributed by atoms with van der Waals surface area (Å²) in [5.74, 6) is -1.55. The number of aliphatic hydroxyl groups excluding tert-OH is 1. The van der Waals surface area contributed by atoms with Crippen molar-refractivity contribution in [2.45, 2.75) is 32.0 Å². The van der Waals surface area contributed by atoms with Crippen LogP contribution in [0.5, 0.6) is 0 Å². The van der Waals surface area contributed by atoms with E-state index in [1.165, 1.54) is 6.92 Å². The number of hydrogen-bond donors (Lipinski definition) is 2.